The van der Waals surface area contributed by atoms with Gasteiger partial charge in [-0.05, 0) is 76.4 Å². The molecule has 4 aromatic carbocycles. The molecule has 0 aliphatic carbocycles. The number of hydrogen-bond acceptors (Lipinski definition) is 10. The van der Waals surface area contributed by atoms with Gasteiger partial charge in [-0.15, -0.1) is 0 Å². The average Bonchev–Trinajstić information content (AvgIpc) is 3.13. The molecule has 0 fully saturated rings. The van der Waals surface area contributed by atoms with E-state index in [-0.39, 0.29) is 30.0 Å². The van der Waals surface area contributed by atoms with Gasteiger partial charge in [0.05, 0.1) is 22.5 Å². The van der Waals surface area contributed by atoms with Crippen molar-refractivity contribution in [2.45, 2.75) is 78.4 Å². The number of carbonyl (C=O) groups is 4. The molecule has 1 unspecified atom stereocenters. The Hall–Kier alpha value is -6.74. The predicted molar refractivity (Wildman–Crippen MR) is 209 cm³/mol. The first-order chi connectivity index (χ1) is 26.5. The Morgan fingerprint density at radius 2 is 1.41 bits per heavy atom. The number of ether oxygens (including phenoxy) is 4. The molecule has 4 rings (SSSR count). The van der Waals surface area contributed by atoms with Gasteiger partial charge in [-0.2, -0.15) is 0 Å². The van der Waals surface area contributed by atoms with Gasteiger partial charge in [0.25, 0.3) is 5.69 Å². The van der Waals surface area contributed by atoms with Crippen molar-refractivity contribution in [2.24, 2.45) is 0 Å². The quantitative estimate of drug-likeness (QED) is 0.0361. The molecular formula is C44H44N2O10. The summed E-state index contributed by atoms with van der Waals surface area (Å²) in [4.78, 5) is 63.4. The molecule has 1 atom stereocenters. The maximum atomic E-state index is 13.3. The summed E-state index contributed by atoms with van der Waals surface area (Å²) in [6.45, 7) is 10.2. The van der Waals surface area contributed by atoms with Gasteiger partial charge in [0.1, 0.15) is 36.2 Å². The highest BCUT2D eigenvalue weighted by Gasteiger charge is 2.30. The number of nitrogens with one attached hydrogen (secondary N) is 1. The van der Waals surface area contributed by atoms with E-state index in [9.17, 15) is 29.3 Å². The van der Waals surface area contributed by atoms with Crippen LogP contribution in [0.1, 0.15) is 86.1 Å². The molecule has 12 nitrogen and oxygen atoms in total. The Balaban J connectivity index is 1.70. The third-order valence-corrected chi connectivity index (χ3v) is 7.48. The van der Waals surface area contributed by atoms with Gasteiger partial charge in [-0.25, -0.2) is 9.59 Å². The summed E-state index contributed by atoms with van der Waals surface area (Å²) in [6.07, 6.45) is 2.13. The summed E-state index contributed by atoms with van der Waals surface area (Å²) >= 11 is 0. The van der Waals surface area contributed by atoms with Crippen molar-refractivity contribution in [3.8, 4) is 17.6 Å². The summed E-state index contributed by atoms with van der Waals surface area (Å²) in [7, 11) is 0. The zero-order valence-electron chi connectivity index (χ0n) is 32.1. The lowest BCUT2D eigenvalue weighted by Crippen LogP contribution is -2.45. The van der Waals surface area contributed by atoms with Crippen LogP contribution < -0.4 is 10.1 Å². The zero-order chi connectivity index (χ0) is 40.9. The Bertz CT molecular complexity index is 2140. The number of carbonyl (C=O) groups excluding carboxylic acids is 4. The molecule has 1 amide bonds. The minimum absolute atomic E-state index is 0.0105. The monoisotopic (exact) mass is 760 g/mol. The second kappa shape index (κ2) is 19.0. The molecule has 12 heteroatoms. The normalized spacial score (nSPS) is 11.8. The third-order valence-electron chi connectivity index (χ3n) is 7.48. The van der Waals surface area contributed by atoms with E-state index in [4.69, 9.17) is 18.9 Å². The average molecular weight is 761 g/mol. The lowest BCUT2D eigenvalue weighted by Gasteiger charge is -2.25. The summed E-state index contributed by atoms with van der Waals surface area (Å²) in [5, 5.41) is 14.3. The van der Waals surface area contributed by atoms with Crippen molar-refractivity contribution in [3.05, 3.63) is 147 Å². The first-order valence-electron chi connectivity index (χ1n) is 17.7. The Morgan fingerprint density at radius 1 is 0.786 bits per heavy atom. The van der Waals surface area contributed by atoms with Crippen molar-refractivity contribution in [1.82, 2.24) is 5.32 Å². The van der Waals surface area contributed by atoms with Gasteiger partial charge in [-0.3, -0.25) is 19.7 Å². The largest absolute Gasteiger partial charge is 0.488 e. The van der Waals surface area contributed by atoms with Crippen LogP contribution in [0.4, 0.5) is 5.69 Å². The van der Waals surface area contributed by atoms with E-state index in [1.165, 1.54) is 24.3 Å². The Kier molecular flexibility index (Phi) is 14.3. The first-order valence-corrected chi connectivity index (χ1v) is 17.7. The fourth-order valence-electron chi connectivity index (χ4n) is 5.04. The third kappa shape index (κ3) is 13.6. The summed E-state index contributed by atoms with van der Waals surface area (Å²) in [5.74, 6) is 3.24. The van der Waals surface area contributed by atoms with Crippen molar-refractivity contribution >= 4 is 35.6 Å². The van der Waals surface area contributed by atoms with Crippen LogP contribution in [-0.2, 0) is 41.8 Å². The van der Waals surface area contributed by atoms with Crippen LogP contribution in [0.25, 0.3) is 6.08 Å². The first kappa shape index (κ1) is 42.0. The van der Waals surface area contributed by atoms with Crippen LogP contribution in [0.15, 0.2) is 103 Å². The fraction of sp³-hybridized carbons (Fsp3) is 0.273. The van der Waals surface area contributed by atoms with Gasteiger partial charge >= 0.3 is 17.9 Å². The fourth-order valence-corrected chi connectivity index (χ4v) is 5.04. The van der Waals surface area contributed by atoms with E-state index < -0.39 is 52.4 Å². The van der Waals surface area contributed by atoms with E-state index in [0.29, 0.717) is 16.9 Å². The number of benzene rings is 4. The number of nitro groups is 1. The van der Waals surface area contributed by atoms with Crippen molar-refractivity contribution in [3.63, 3.8) is 0 Å². The van der Waals surface area contributed by atoms with E-state index >= 15 is 0 Å². The number of nitro benzene ring substituents is 1. The van der Waals surface area contributed by atoms with Gasteiger partial charge in [0.15, 0.2) is 0 Å². The molecule has 4 aromatic rings. The van der Waals surface area contributed by atoms with Crippen LogP contribution in [0.2, 0.25) is 0 Å². The number of non-ortho nitro benzene ring substituents is 1. The molecule has 0 heterocycles. The van der Waals surface area contributed by atoms with Crippen molar-refractivity contribution in [2.75, 3.05) is 0 Å². The second-order valence-corrected chi connectivity index (χ2v) is 14.5. The van der Waals surface area contributed by atoms with E-state index in [0.717, 1.165) is 17.2 Å². The number of hydrogen-bond donors (Lipinski definition) is 1. The van der Waals surface area contributed by atoms with Crippen molar-refractivity contribution < 1.29 is 43.0 Å². The van der Waals surface area contributed by atoms with Crippen molar-refractivity contribution in [1.29, 1.82) is 0 Å². The van der Waals surface area contributed by atoms with Gasteiger partial charge in [0.2, 0.25) is 5.91 Å². The van der Waals surface area contributed by atoms with Crippen LogP contribution >= 0.6 is 0 Å². The molecule has 0 spiro atoms. The minimum Gasteiger partial charge on any atom is -0.488 e. The van der Waals surface area contributed by atoms with E-state index in [1.54, 1.807) is 71.9 Å². The minimum atomic E-state index is -1.35. The molecular weight excluding hydrogens is 716 g/mol. The molecule has 0 radical (unpaired) electrons. The van der Waals surface area contributed by atoms with E-state index in [1.807, 2.05) is 48.5 Å². The molecule has 1 N–H and O–H groups in total. The number of esters is 3. The van der Waals surface area contributed by atoms with Gasteiger partial charge in [-0.1, -0.05) is 84.6 Å². The molecule has 0 saturated heterocycles. The number of amides is 1. The van der Waals surface area contributed by atoms with E-state index in [2.05, 4.69) is 17.2 Å². The van der Waals surface area contributed by atoms with Gasteiger partial charge < -0.3 is 24.3 Å². The lowest BCUT2D eigenvalue weighted by atomic mass is 10.0. The van der Waals surface area contributed by atoms with Crippen LogP contribution in [0, 0.1) is 22.0 Å². The highest BCUT2D eigenvalue weighted by atomic mass is 16.6. The van der Waals surface area contributed by atoms with Crippen LogP contribution in [-0.4, -0.2) is 46.0 Å². The topological polar surface area (TPSA) is 160 Å². The second-order valence-electron chi connectivity index (χ2n) is 14.5. The molecule has 0 aliphatic rings. The molecule has 56 heavy (non-hydrogen) atoms. The van der Waals surface area contributed by atoms with Crippen LogP contribution in [0.3, 0.4) is 0 Å². The maximum absolute atomic E-state index is 13.3. The summed E-state index contributed by atoms with van der Waals surface area (Å²) < 4.78 is 22.5. The molecule has 0 aromatic heterocycles. The Morgan fingerprint density at radius 3 is 2.02 bits per heavy atom. The molecule has 0 bridgehead atoms. The highest BCUT2D eigenvalue weighted by Crippen LogP contribution is 2.26. The smallest absolute Gasteiger partial charge is 0.339 e. The summed E-state index contributed by atoms with van der Waals surface area (Å²) in [6, 6.07) is 25.8. The predicted octanol–water partition coefficient (Wildman–Crippen LogP) is 7.50. The zero-order valence-corrected chi connectivity index (χ0v) is 32.1. The Labute approximate surface area is 326 Å². The maximum Gasteiger partial charge on any atom is 0.339 e. The number of nitrogens with zero attached hydrogens (tertiary/aromatic N) is 1. The van der Waals surface area contributed by atoms with Crippen LogP contribution in [0.5, 0.6) is 5.75 Å². The standard InChI is InChI=1S/C44H44N2O10/c1-43(2,3)55-40(48)27-37(42(50)56-44(4,5)6)45-39(47)25-21-32-18-13-19-38(53-28-30-14-9-7-10-15-30)35(32)23-20-33-26-34(46(51)52)22-24-36(33)41(49)54-29-31-16-11-8-12-17-31/h7-19,21-22,24-26,37H,27-29H2,1-6H3,(H,45,47)/b25-21+. The molecule has 290 valence electrons. The highest BCUT2D eigenvalue weighted by molar-refractivity contribution is 5.96. The number of rotatable bonds is 13. The summed E-state index contributed by atoms with van der Waals surface area (Å²) in [5.41, 5.74) is 0.354. The molecule has 0 saturated carbocycles. The van der Waals surface area contributed by atoms with Gasteiger partial charge in [0, 0.05) is 23.8 Å². The SMILES string of the molecule is CC(C)(C)OC(=O)CC(NC(=O)/C=C/c1cccc(OCc2ccccc2)c1C#Cc1cc([N+](=O)[O-])ccc1C(=O)OCc1ccccc1)C(=O)OC(C)(C)C. The lowest BCUT2D eigenvalue weighted by molar-refractivity contribution is -0.384. The molecule has 0 aliphatic heterocycles.